The third kappa shape index (κ3) is 2.00. The largest absolute Gasteiger partial charge is 0.480 e. The van der Waals surface area contributed by atoms with Crippen LogP contribution in [0.5, 0.6) is 0 Å². The van der Waals surface area contributed by atoms with Crippen molar-refractivity contribution in [2.24, 2.45) is 11.1 Å². The summed E-state index contributed by atoms with van der Waals surface area (Å²) in [6.07, 6.45) is 1.42. The van der Waals surface area contributed by atoms with Crippen LogP contribution >= 0.6 is 0 Å². The van der Waals surface area contributed by atoms with Gasteiger partial charge in [0, 0.05) is 13.1 Å². The van der Waals surface area contributed by atoms with Gasteiger partial charge in [0.15, 0.2) is 0 Å². The van der Waals surface area contributed by atoms with E-state index in [4.69, 9.17) is 10.8 Å². The summed E-state index contributed by atoms with van der Waals surface area (Å²) in [5, 5.41) is 11.5. The zero-order valence-electron chi connectivity index (χ0n) is 10.2. The van der Waals surface area contributed by atoms with E-state index in [9.17, 15) is 14.4 Å². The molecule has 7 nitrogen and oxygen atoms in total. The van der Waals surface area contributed by atoms with Gasteiger partial charge in [0.05, 0.1) is 5.41 Å². The van der Waals surface area contributed by atoms with Crippen LogP contribution in [0, 0.1) is 5.41 Å². The molecule has 1 aliphatic heterocycles. The van der Waals surface area contributed by atoms with Crippen LogP contribution in [0.3, 0.4) is 0 Å². The molecule has 100 valence electrons. The minimum atomic E-state index is -1.09. The smallest absolute Gasteiger partial charge is 0.329 e. The summed E-state index contributed by atoms with van der Waals surface area (Å²) in [5.74, 6) is -1.44. The molecule has 1 saturated heterocycles. The number of nitrogens with zero attached hydrogens (tertiary/aromatic N) is 1. The Kier molecular flexibility index (Phi) is 2.71. The molecule has 7 heteroatoms. The monoisotopic (exact) mass is 255 g/mol. The average molecular weight is 255 g/mol. The molecule has 1 aliphatic carbocycles. The van der Waals surface area contributed by atoms with Gasteiger partial charge < -0.3 is 21.1 Å². The number of carbonyl (C=O) groups excluding carboxylic acids is 2. The molecule has 2 fully saturated rings. The molecule has 0 bridgehead atoms. The summed E-state index contributed by atoms with van der Waals surface area (Å²) < 4.78 is 0. The van der Waals surface area contributed by atoms with Crippen molar-refractivity contribution in [3.05, 3.63) is 0 Å². The fraction of sp³-hybridized carbons (Fsp3) is 0.727. The molecule has 2 aliphatic rings. The van der Waals surface area contributed by atoms with Crippen molar-refractivity contribution in [2.75, 3.05) is 13.1 Å². The Hall–Kier alpha value is -1.79. The van der Waals surface area contributed by atoms with Gasteiger partial charge in [-0.2, -0.15) is 0 Å². The SMILES string of the molecule is CC1(C(N)=O)CCN(C(=O)NC2(C(=O)O)CC2)C1. The summed E-state index contributed by atoms with van der Waals surface area (Å²) >= 11 is 0. The first-order valence-corrected chi connectivity index (χ1v) is 5.89. The van der Waals surface area contributed by atoms with Crippen molar-refractivity contribution in [2.45, 2.75) is 31.7 Å². The molecule has 0 aromatic carbocycles. The van der Waals surface area contributed by atoms with Crippen LogP contribution in [0.25, 0.3) is 0 Å². The Bertz CT molecular complexity index is 419. The zero-order chi connectivity index (χ0) is 13.6. The standard InChI is InChI=1S/C11H17N3O4/c1-10(7(12)15)4-5-14(6-10)9(18)13-11(2-3-11)8(16)17/h2-6H2,1H3,(H2,12,15)(H,13,18)(H,16,17). The van der Waals surface area contributed by atoms with Crippen LogP contribution in [0.15, 0.2) is 0 Å². The molecule has 1 atom stereocenters. The highest BCUT2D eigenvalue weighted by atomic mass is 16.4. The number of hydrogen-bond acceptors (Lipinski definition) is 3. The third-order valence-electron chi connectivity index (χ3n) is 3.86. The first kappa shape index (κ1) is 12.7. The van der Waals surface area contributed by atoms with Crippen LogP contribution in [-0.4, -0.2) is 46.5 Å². The minimum absolute atomic E-state index is 0.240. The highest BCUT2D eigenvalue weighted by Gasteiger charge is 2.53. The number of likely N-dealkylation sites (tertiary alicyclic amines) is 1. The summed E-state index contributed by atoms with van der Waals surface area (Å²) in [5.41, 5.74) is 3.49. The number of nitrogens with two attached hydrogens (primary N) is 1. The second-order valence-electron chi connectivity index (χ2n) is 5.41. The fourth-order valence-electron chi connectivity index (χ4n) is 2.14. The molecule has 0 spiro atoms. The minimum Gasteiger partial charge on any atom is -0.480 e. The maximum Gasteiger partial charge on any atom is 0.329 e. The van der Waals surface area contributed by atoms with Gasteiger partial charge in [-0.3, -0.25) is 4.79 Å². The number of urea groups is 1. The molecule has 1 unspecified atom stereocenters. The van der Waals surface area contributed by atoms with E-state index in [0.717, 1.165) is 0 Å². The van der Waals surface area contributed by atoms with Crippen LogP contribution < -0.4 is 11.1 Å². The van der Waals surface area contributed by atoms with E-state index in [1.54, 1.807) is 6.92 Å². The van der Waals surface area contributed by atoms with Crippen molar-refractivity contribution < 1.29 is 19.5 Å². The summed E-state index contributed by atoms with van der Waals surface area (Å²) in [6, 6.07) is -0.431. The third-order valence-corrected chi connectivity index (χ3v) is 3.86. The van der Waals surface area contributed by atoms with Crippen molar-refractivity contribution in [1.29, 1.82) is 0 Å². The van der Waals surface area contributed by atoms with E-state index in [-0.39, 0.29) is 6.54 Å². The van der Waals surface area contributed by atoms with E-state index in [2.05, 4.69) is 5.32 Å². The molecule has 0 aromatic heterocycles. The maximum absolute atomic E-state index is 11.9. The highest BCUT2D eigenvalue weighted by molar-refractivity contribution is 5.89. The molecular weight excluding hydrogens is 238 g/mol. The Morgan fingerprint density at radius 1 is 1.28 bits per heavy atom. The Labute approximate surface area is 104 Å². The lowest BCUT2D eigenvalue weighted by Crippen LogP contribution is -2.50. The Balaban J connectivity index is 1.96. The van der Waals surface area contributed by atoms with E-state index in [0.29, 0.717) is 25.8 Å². The van der Waals surface area contributed by atoms with Gasteiger partial charge in [-0.25, -0.2) is 9.59 Å². The number of carboxylic acids is 1. The first-order chi connectivity index (χ1) is 8.29. The zero-order valence-corrected chi connectivity index (χ0v) is 10.2. The molecule has 18 heavy (non-hydrogen) atoms. The summed E-state index contributed by atoms with van der Waals surface area (Å²) in [6.45, 7) is 2.37. The second kappa shape index (κ2) is 3.86. The predicted molar refractivity (Wildman–Crippen MR) is 61.6 cm³/mol. The molecule has 0 aromatic rings. The highest BCUT2D eigenvalue weighted by Crippen LogP contribution is 2.36. The van der Waals surface area contributed by atoms with E-state index < -0.39 is 28.9 Å². The number of carbonyl (C=O) groups is 3. The Morgan fingerprint density at radius 3 is 2.28 bits per heavy atom. The molecule has 4 N–H and O–H groups in total. The summed E-state index contributed by atoms with van der Waals surface area (Å²) in [7, 11) is 0. The van der Waals surface area contributed by atoms with Gasteiger partial charge in [0.2, 0.25) is 5.91 Å². The van der Waals surface area contributed by atoms with Crippen LogP contribution in [0.1, 0.15) is 26.2 Å². The fourth-order valence-corrected chi connectivity index (χ4v) is 2.14. The molecule has 1 saturated carbocycles. The number of primary amides is 1. The Morgan fingerprint density at radius 2 is 1.89 bits per heavy atom. The molecule has 1 heterocycles. The van der Waals surface area contributed by atoms with E-state index >= 15 is 0 Å². The quantitative estimate of drug-likeness (QED) is 0.631. The lowest BCUT2D eigenvalue weighted by Gasteiger charge is -2.23. The second-order valence-corrected chi connectivity index (χ2v) is 5.41. The average Bonchev–Trinajstić information content (AvgIpc) is 2.94. The maximum atomic E-state index is 11.9. The van der Waals surface area contributed by atoms with Crippen molar-refractivity contribution in [1.82, 2.24) is 10.2 Å². The van der Waals surface area contributed by atoms with Gasteiger partial charge >= 0.3 is 12.0 Å². The van der Waals surface area contributed by atoms with Crippen LogP contribution in [0.2, 0.25) is 0 Å². The number of rotatable bonds is 3. The number of carboxylic acid groups (broad SMARTS) is 1. The summed E-state index contributed by atoms with van der Waals surface area (Å²) in [4.78, 5) is 35.6. The lowest BCUT2D eigenvalue weighted by atomic mass is 9.89. The number of nitrogens with one attached hydrogen (secondary N) is 1. The van der Waals surface area contributed by atoms with E-state index in [1.165, 1.54) is 4.90 Å². The first-order valence-electron chi connectivity index (χ1n) is 5.89. The topological polar surface area (TPSA) is 113 Å². The molecule has 2 rings (SSSR count). The number of amides is 3. The van der Waals surface area contributed by atoms with Gasteiger partial charge in [-0.15, -0.1) is 0 Å². The predicted octanol–water partition coefficient (Wildman–Crippen LogP) is -0.489. The van der Waals surface area contributed by atoms with Gasteiger partial charge in [-0.1, -0.05) is 0 Å². The normalized spacial score (nSPS) is 28.8. The van der Waals surface area contributed by atoms with Crippen LogP contribution in [-0.2, 0) is 9.59 Å². The van der Waals surface area contributed by atoms with Gasteiger partial charge in [0.1, 0.15) is 5.54 Å². The van der Waals surface area contributed by atoms with Crippen molar-refractivity contribution in [3.63, 3.8) is 0 Å². The molecule has 3 amide bonds. The molecule has 0 radical (unpaired) electrons. The van der Waals surface area contributed by atoms with Gasteiger partial charge in [0.25, 0.3) is 0 Å². The van der Waals surface area contributed by atoms with Crippen molar-refractivity contribution in [3.8, 4) is 0 Å². The van der Waals surface area contributed by atoms with E-state index in [1.807, 2.05) is 0 Å². The van der Waals surface area contributed by atoms with Gasteiger partial charge in [-0.05, 0) is 26.2 Å². The lowest BCUT2D eigenvalue weighted by molar-refractivity contribution is -0.140. The van der Waals surface area contributed by atoms with Crippen LogP contribution in [0.4, 0.5) is 4.79 Å². The molecular formula is C11H17N3O4. The number of hydrogen-bond donors (Lipinski definition) is 3. The number of aliphatic carboxylic acids is 1. The van der Waals surface area contributed by atoms with Crippen molar-refractivity contribution >= 4 is 17.9 Å².